The lowest BCUT2D eigenvalue weighted by atomic mass is 10.1. The van der Waals surface area contributed by atoms with Crippen LogP contribution < -0.4 is 10.5 Å². The van der Waals surface area contributed by atoms with E-state index in [1.165, 1.54) is 6.92 Å². The van der Waals surface area contributed by atoms with E-state index in [9.17, 15) is 23.1 Å². The van der Waals surface area contributed by atoms with E-state index in [1.807, 2.05) is 0 Å². The smallest absolute Gasteiger partial charge is 0.505 e. The molecule has 0 radical (unpaired) electrons. The molecule has 0 spiro atoms. The Balaban J connectivity index is 3.39. The number of esters is 1. The minimum atomic E-state index is -5.06. The summed E-state index contributed by atoms with van der Waals surface area (Å²) in [4.78, 5) is 11.5. The third kappa shape index (κ3) is 3.66. The molecule has 5 nitrogen and oxygen atoms in total. The van der Waals surface area contributed by atoms with Gasteiger partial charge >= 0.3 is 12.3 Å². The number of phenols is 1. The predicted octanol–water partition coefficient (Wildman–Crippen LogP) is 2.81. The van der Waals surface area contributed by atoms with Gasteiger partial charge in [0.15, 0.2) is 11.5 Å². The zero-order valence-corrected chi connectivity index (χ0v) is 11.1. The minimum Gasteiger partial charge on any atom is -0.505 e. The number of phenolic OH excluding ortho intramolecular Hbond substituents is 1. The molecule has 1 rings (SSSR count). The first kappa shape index (κ1) is 15.4. The number of carbonyl (C=O) groups excluding carboxylic acids is 1. The van der Waals surface area contributed by atoms with Crippen LogP contribution in [0.15, 0.2) is 10.5 Å². The van der Waals surface area contributed by atoms with E-state index >= 15 is 0 Å². The maximum absolute atomic E-state index is 12.3. The molecule has 9 heteroatoms. The van der Waals surface area contributed by atoms with Crippen molar-refractivity contribution >= 4 is 27.6 Å². The van der Waals surface area contributed by atoms with Crippen LogP contribution in [-0.2, 0) is 4.74 Å². The Kier molecular flexibility index (Phi) is 4.51. The van der Waals surface area contributed by atoms with Crippen molar-refractivity contribution in [3.05, 3.63) is 16.1 Å². The number of benzene rings is 1. The number of carbonyl (C=O) groups is 1. The maximum Gasteiger partial charge on any atom is 0.573 e. The van der Waals surface area contributed by atoms with Crippen molar-refractivity contribution in [1.82, 2.24) is 0 Å². The van der Waals surface area contributed by atoms with Gasteiger partial charge in [-0.1, -0.05) is 0 Å². The highest BCUT2D eigenvalue weighted by Gasteiger charge is 2.35. The zero-order valence-electron chi connectivity index (χ0n) is 9.55. The molecule has 0 atom stereocenters. The number of rotatable bonds is 3. The molecule has 106 valence electrons. The number of aromatic hydroxyl groups is 1. The Labute approximate surface area is 114 Å². The lowest BCUT2D eigenvalue weighted by Crippen LogP contribution is -2.20. The predicted molar refractivity (Wildman–Crippen MR) is 62.9 cm³/mol. The van der Waals surface area contributed by atoms with E-state index in [-0.39, 0.29) is 11.1 Å². The van der Waals surface area contributed by atoms with Gasteiger partial charge in [-0.05, 0) is 28.9 Å². The Morgan fingerprint density at radius 3 is 2.58 bits per heavy atom. The van der Waals surface area contributed by atoms with E-state index < -0.39 is 35.1 Å². The molecular formula is C10H9BrF3NO4. The van der Waals surface area contributed by atoms with E-state index in [4.69, 9.17) is 5.73 Å². The average molecular weight is 344 g/mol. The number of nitrogen functional groups attached to an aromatic ring is 1. The van der Waals surface area contributed by atoms with Crippen LogP contribution in [0.2, 0.25) is 0 Å². The third-order valence-electron chi connectivity index (χ3n) is 1.95. The molecule has 0 bridgehead atoms. The molecule has 0 aromatic heterocycles. The van der Waals surface area contributed by atoms with Crippen molar-refractivity contribution in [2.24, 2.45) is 0 Å². The van der Waals surface area contributed by atoms with Crippen LogP contribution in [0.4, 0.5) is 18.9 Å². The summed E-state index contributed by atoms with van der Waals surface area (Å²) in [5.74, 6) is -2.70. The largest absolute Gasteiger partial charge is 0.573 e. The first-order valence-corrected chi connectivity index (χ1v) is 5.70. The second kappa shape index (κ2) is 5.55. The molecular weight excluding hydrogens is 335 g/mol. The lowest BCUT2D eigenvalue weighted by Gasteiger charge is -2.16. The van der Waals surface area contributed by atoms with Crippen molar-refractivity contribution in [2.45, 2.75) is 13.3 Å². The molecule has 0 aliphatic heterocycles. The van der Waals surface area contributed by atoms with Crippen LogP contribution in [0, 0.1) is 0 Å². The Bertz CT molecular complexity index is 505. The monoisotopic (exact) mass is 343 g/mol. The van der Waals surface area contributed by atoms with Crippen molar-refractivity contribution in [3.63, 3.8) is 0 Å². The first-order chi connectivity index (χ1) is 8.67. The fourth-order valence-corrected chi connectivity index (χ4v) is 1.67. The first-order valence-electron chi connectivity index (χ1n) is 4.91. The number of hydrogen-bond donors (Lipinski definition) is 2. The third-order valence-corrected chi connectivity index (χ3v) is 2.56. The lowest BCUT2D eigenvalue weighted by molar-refractivity contribution is -0.274. The number of nitrogens with two attached hydrogens (primary N) is 1. The van der Waals surface area contributed by atoms with Crippen molar-refractivity contribution in [2.75, 3.05) is 12.3 Å². The summed E-state index contributed by atoms with van der Waals surface area (Å²) in [5.41, 5.74) is 4.06. The molecule has 0 aliphatic carbocycles. The second-order valence-corrected chi connectivity index (χ2v) is 4.12. The van der Waals surface area contributed by atoms with Gasteiger partial charge in [-0.15, -0.1) is 13.2 Å². The quantitative estimate of drug-likeness (QED) is 0.501. The fourth-order valence-electron chi connectivity index (χ4n) is 1.23. The topological polar surface area (TPSA) is 81.8 Å². The van der Waals surface area contributed by atoms with Crippen LogP contribution in [0.1, 0.15) is 17.3 Å². The summed E-state index contributed by atoms with van der Waals surface area (Å²) in [6, 6.07) is 0.935. The van der Waals surface area contributed by atoms with E-state index in [1.54, 1.807) is 0 Å². The van der Waals surface area contributed by atoms with Crippen molar-refractivity contribution < 1.29 is 32.5 Å². The number of anilines is 1. The van der Waals surface area contributed by atoms with Crippen LogP contribution in [-0.4, -0.2) is 24.0 Å². The Morgan fingerprint density at radius 1 is 1.53 bits per heavy atom. The molecule has 0 unspecified atom stereocenters. The average Bonchev–Trinajstić information content (AvgIpc) is 2.28. The van der Waals surface area contributed by atoms with Crippen LogP contribution in [0.25, 0.3) is 0 Å². The molecule has 3 N–H and O–H groups in total. The van der Waals surface area contributed by atoms with Crippen molar-refractivity contribution in [1.29, 1.82) is 0 Å². The maximum atomic E-state index is 12.3. The van der Waals surface area contributed by atoms with Crippen LogP contribution >= 0.6 is 15.9 Å². The molecule has 0 saturated carbocycles. The van der Waals surface area contributed by atoms with E-state index in [0.717, 1.165) is 6.07 Å². The number of alkyl halides is 3. The highest BCUT2D eigenvalue weighted by molar-refractivity contribution is 9.10. The molecule has 0 amide bonds. The van der Waals surface area contributed by atoms with Gasteiger partial charge in [0, 0.05) is 0 Å². The fraction of sp³-hybridized carbons (Fsp3) is 0.300. The zero-order chi connectivity index (χ0) is 14.8. The Hall–Kier alpha value is -1.64. The number of hydrogen-bond acceptors (Lipinski definition) is 5. The van der Waals surface area contributed by atoms with Gasteiger partial charge in [0.25, 0.3) is 0 Å². The normalized spacial score (nSPS) is 11.2. The van der Waals surface area contributed by atoms with Gasteiger partial charge in [0.2, 0.25) is 0 Å². The van der Waals surface area contributed by atoms with Gasteiger partial charge in [-0.3, -0.25) is 0 Å². The molecule has 0 saturated heterocycles. The van der Waals surface area contributed by atoms with Crippen LogP contribution in [0.3, 0.4) is 0 Å². The van der Waals surface area contributed by atoms with Crippen molar-refractivity contribution in [3.8, 4) is 11.5 Å². The summed E-state index contributed by atoms with van der Waals surface area (Å²) in [6.07, 6.45) is -5.06. The van der Waals surface area contributed by atoms with Gasteiger partial charge in [0.1, 0.15) is 11.3 Å². The molecule has 0 aliphatic rings. The molecule has 1 aromatic carbocycles. The number of halogens is 4. The highest BCUT2D eigenvalue weighted by atomic mass is 79.9. The van der Waals surface area contributed by atoms with Gasteiger partial charge in [-0.25, -0.2) is 4.79 Å². The molecule has 0 heterocycles. The summed E-state index contributed by atoms with van der Waals surface area (Å²) in [5, 5.41) is 9.45. The minimum absolute atomic E-state index is 0.0390. The van der Waals surface area contributed by atoms with Gasteiger partial charge < -0.3 is 20.3 Å². The standard InChI is InChI=1S/C10H9BrF3NO4/c1-2-18-9(17)4-3-5(11)7(16)6(15)8(4)19-10(12,13)14/h3,16H,2,15H2,1H3. The highest BCUT2D eigenvalue weighted by Crippen LogP contribution is 2.42. The van der Waals surface area contributed by atoms with Gasteiger partial charge in [-0.2, -0.15) is 0 Å². The summed E-state index contributed by atoms with van der Waals surface area (Å²) < 4.78 is 45.0. The molecule has 1 aromatic rings. The summed E-state index contributed by atoms with van der Waals surface area (Å²) >= 11 is 2.86. The molecule has 0 fully saturated rings. The second-order valence-electron chi connectivity index (χ2n) is 3.27. The summed E-state index contributed by atoms with van der Waals surface area (Å²) in [7, 11) is 0. The SMILES string of the molecule is CCOC(=O)c1cc(Br)c(O)c(N)c1OC(F)(F)F. The number of ether oxygens (including phenoxy) is 2. The van der Waals surface area contributed by atoms with E-state index in [0.29, 0.717) is 0 Å². The van der Waals surface area contributed by atoms with E-state index in [2.05, 4.69) is 25.4 Å². The molecule has 19 heavy (non-hydrogen) atoms. The summed E-state index contributed by atoms with van der Waals surface area (Å²) in [6.45, 7) is 1.45. The van der Waals surface area contributed by atoms with Gasteiger partial charge in [0.05, 0.1) is 11.1 Å². The Morgan fingerprint density at radius 2 is 2.11 bits per heavy atom. The van der Waals surface area contributed by atoms with Crippen LogP contribution in [0.5, 0.6) is 11.5 Å².